The van der Waals surface area contributed by atoms with E-state index in [1.165, 1.54) is 6.07 Å². The van der Waals surface area contributed by atoms with Gasteiger partial charge in [-0.05, 0) is 85.4 Å². The molecule has 1 aliphatic heterocycles. The van der Waals surface area contributed by atoms with Gasteiger partial charge in [0.05, 0.1) is 45.0 Å². The van der Waals surface area contributed by atoms with Crippen LogP contribution in [0.2, 0.25) is 0 Å². The monoisotopic (exact) mass is 798 g/mol. The van der Waals surface area contributed by atoms with Crippen LogP contribution in [-0.2, 0) is 39.2 Å². The van der Waals surface area contributed by atoms with Gasteiger partial charge >= 0.3 is 30.6 Å². The predicted molar refractivity (Wildman–Crippen MR) is 170 cm³/mol. The van der Waals surface area contributed by atoms with E-state index in [2.05, 4.69) is 31.2 Å². The number of rotatable bonds is 8. The Morgan fingerprint density at radius 2 is 1.59 bits per heavy atom. The van der Waals surface area contributed by atoms with E-state index in [0.29, 0.717) is 12.1 Å². The van der Waals surface area contributed by atoms with Gasteiger partial charge in [-0.25, -0.2) is 14.8 Å². The number of nitrogens with one attached hydrogen (secondary N) is 1. The molecule has 51 heavy (non-hydrogen) atoms. The quantitative estimate of drug-likeness (QED) is 0.179. The molecule has 3 aromatic rings. The molecule has 0 unspecified atom stereocenters. The normalized spacial score (nSPS) is 16.8. The topological polar surface area (TPSA) is 93.7 Å². The van der Waals surface area contributed by atoms with Gasteiger partial charge < -0.3 is 14.8 Å². The van der Waals surface area contributed by atoms with Crippen LogP contribution in [0.5, 0.6) is 0 Å². The number of benzene rings is 2. The number of hydrogen-bond acceptors (Lipinski definition) is 7. The average molecular weight is 800 g/mol. The average Bonchev–Trinajstić information content (AvgIpc) is 2.99. The highest BCUT2D eigenvalue weighted by molar-refractivity contribution is 9.10. The molecule has 8 nitrogen and oxygen atoms in total. The summed E-state index contributed by atoms with van der Waals surface area (Å²) < 4.78 is 135. The number of hydrogen-bond donors (Lipinski definition) is 1. The summed E-state index contributed by atoms with van der Waals surface area (Å²) in [5.41, 5.74) is -5.83. The van der Waals surface area contributed by atoms with Gasteiger partial charge in [-0.1, -0.05) is 13.0 Å². The lowest BCUT2D eigenvalue weighted by Crippen LogP contribution is -2.46. The Labute approximate surface area is 294 Å². The number of ether oxygens (including phenoxy) is 2. The van der Waals surface area contributed by atoms with E-state index >= 15 is 0 Å². The van der Waals surface area contributed by atoms with Crippen molar-refractivity contribution < 1.29 is 58.6 Å². The largest absolute Gasteiger partial charge is 0.460 e. The van der Waals surface area contributed by atoms with Crippen LogP contribution in [0, 0.1) is 0 Å². The molecule has 18 heteroatoms. The second-order valence-electron chi connectivity index (χ2n) is 12.6. The van der Waals surface area contributed by atoms with Gasteiger partial charge in [0.2, 0.25) is 5.95 Å². The number of carbonyl (C=O) groups is 2. The van der Waals surface area contributed by atoms with E-state index in [0.717, 1.165) is 23.2 Å². The fourth-order valence-electron chi connectivity index (χ4n) is 5.55. The molecule has 0 spiro atoms. The molecular weight excluding hydrogens is 767 g/mol. The highest BCUT2D eigenvalue weighted by Gasteiger charge is 2.44. The molecule has 0 saturated heterocycles. The second-order valence-corrected chi connectivity index (χ2v) is 13.5. The second kappa shape index (κ2) is 14.9. The number of nitrogens with zero attached hydrogens (tertiary/aromatic N) is 3. The van der Waals surface area contributed by atoms with Crippen LogP contribution in [0.15, 0.2) is 47.1 Å². The van der Waals surface area contributed by atoms with Gasteiger partial charge in [0.25, 0.3) is 0 Å². The molecule has 1 aliphatic rings. The minimum absolute atomic E-state index is 0.00544. The maximum Gasteiger partial charge on any atom is 0.416 e. The Morgan fingerprint density at radius 3 is 2.14 bits per heavy atom. The summed E-state index contributed by atoms with van der Waals surface area (Å²) in [5, 5.41) is 2.83. The predicted octanol–water partition coefficient (Wildman–Crippen LogP) is 9.90. The number of amides is 1. The van der Waals surface area contributed by atoms with Crippen molar-refractivity contribution in [2.75, 3.05) is 16.8 Å². The summed E-state index contributed by atoms with van der Waals surface area (Å²) in [6.07, 6.45) is -15.6. The molecule has 0 radical (unpaired) electrons. The van der Waals surface area contributed by atoms with E-state index in [1.54, 1.807) is 27.7 Å². The number of aromatic nitrogens is 2. The molecule has 0 aliphatic carbocycles. The Morgan fingerprint density at radius 1 is 0.961 bits per heavy atom. The highest BCUT2D eigenvalue weighted by Crippen LogP contribution is 2.46. The molecule has 2 atom stereocenters. The summed E-state index contributed by atoms with van der Waals surface area (Å²) in [4.78, 5) is 34.8. The van der Waals surface area contributed by atoms with Crippen molar-refractivity contribution in [1.82, 2.24) is 9.97 Å². The minimum atomic E-state index is -5.08. The first-order valence-electron chi connectivity index (χ1n) is 15.4. The summed E-state index contributed by atoms with van der Waals surface area (Å²) >= 11 is 3.15. The maximum atomic E-state index is 14.4. The minimum Gasteiger partial charge on any atom is -0.460 e. The fraction of sp³-hybridized carbons (Fsp3) is 0.455. The van der Waals surface area contributed by atoms with Crippen LogP contribution >= 0.6 is 15.9 Å². The number of esters is 1. The Balaban J connectivity index is 1.68. The van der Waals surface area contributed by atoms with Crippen molar-refractivity contribution in [2.24, 2.45) is 0 Å². The smallest absolute Gasteiger partial charge is 0.416 e. The number of alkyl halides is 9. The summed E-state index contributed by atoms with van der Waals surface area (Å²) in [7, 11) is 0. The third kappa shape index (κ3) is 10.0. The number of fused-ring (bicyclic) bond motifs is 1. The van der Waals surface area contributed by atoms with E-state index in [1.807, 2.05) is 0 Å². The molecule has 4 rings (SSSR count). The molecule has 0 saturated carbocycles. The molecule has 2 heterocycles. The van der Waals surface area contributed by atoms with E-state index in [4.69, 9.17) is 9.47 Å². The van der Waals surface area contributed by atoms with Crippen molar-refractivity contribution in [1.29, 1.82) is 0 Å². The summed E-state index contributed by atoms with van der Waals surface area (Å²) in [6.45, 7) is 6.25. The van der Waals surface area contributed by atoms with Gasteiger partial charge in [0.1, 0.15) is 12.2 Å². The molecule has 0 fully saturated rings. The van der Waals surface area contributed by atoms with Crippen LogP contribution in [0.25, 0.3) is 0 Å². The van der Waals surface area contributed by atoms with E-state index in [9.17, 15) is 49.1 Å². The third-order valence-electron chi connectivity index (χ3n) is 7.63. The van der Waals surface area contributed by atoms with Crippen LogP contribution in [0.1, 0.15) is 86.5 Å². The zero-order valence-corrected chi connectivity index (χ0v) is 29.1. The third-order valence-corrected chi connectivity index (χ3v) is 8.29. The van der Waals surface area contributed by atoms with Crippen molar-refractivity contribution in [3.63, 3.8) is 0 Å². The van der Waals surface area contributed by atoms with Gasteiger partial charge in [-0.3, -0.25) is 9.69 Å². The van der Waals surface area contributed by atoms with E-state index in [-0.39, 0.29) is 58.3 Å². The number of halogens is 10. The first-order chi connectivity index (χ1) is 23.5. The number of carbonyl (C=O) groups excluding carboxylic acids is 2. The number of anilines is 2. The van der Waals surface area contributed by atoms with Crippen LogP contribution in [-0.4, -0.2) is 40.3 Å². The molecule has 1 aromatic heterocycles. The Bertz CT molecular complexity index is 1730. The SMILES string of the molecule is CC[C@@H]1C[C@H](Nc2ncc(Br)c(Cc3cc(C(F)(F)F)cc(C(F)(F)F)c3)n2)c2c(cccc2C(F)(F)F)N1C(=O)OCCC(=O)OC(C)(C)C. The van der Waals surface area contributed by atoms with Crippen molar-refractivity contribution in [2.45, 2.75) is 89.6 Å². The molecule has 0 bridgehead atoms. The Hall–Kier alpha value is -4.09. The van der Waals surface area contributed by atoms with Gasteiger partial charge in [-0.15, -0.1) is 0 Å². The van der Waals surface area contributed by atoms with E-state index < -0.39 is 78.0 Å². The maximum absolute atomic E-state index is 14.4. The van der Waals surface area contributed by atoms with Gasteiger partial charge in [0, 0.05) is 24.2 Å². The zero-order valence-electron chi connectivity index (χ0n) is 27.5. The van der Waals surface area contributed by atoms with Crippen LogP contribution < -0.4 is 10.2 Å². The molecule has 1 amide bonds. The first kappa shape index (κ1) is 39.7. The highest BCUT2D eigenvalue weighted by atomic mass is 79.9. The lowest BCUT2D eigenvalue weighted by molar-refractivity contribution is -0.155. The van der Waals surface area contributed by atoms with Gasteiger partial charge in [0.15, 0.2) is 0 Å². The zero-order chi connectivity index (χ0) is 38.1. The van der Waals surface area contributed by atoms with Crippen molar-refractivity contribution in [3.05, 3.63) is 80.6 Å². The molecule has 1 N–H and O–H groups in total. The van der Waals surface area contributed by atoms with Crippen LogP contribution in [0.3, 0.4) is 0 Å². The molecular formula is C33H32BrF9N4O4. The van der Waals surface area contributed by atoms with Crippen molar-refractivity contribution in [3.8, 4) is 0 Å². The summed E-state index contributed by atoms with van der Waals surface area (Å²) in [6, 6.07) is 2.45. The summed E-state index contributed by atoms with van der Waals surface area (Å²) in [5.74, 6) is -0.917. The first-order valence-corrected chi connectivity index (χ1v) is 16.2. The Kier molecular flexibility index (Phi) is 11.6. The molecule has 278 valence electrons. The molecule has 2 aromatic carbocycles. The lowest BCUT2D eigenvalue weighted by Gasteiger charge is -2.41. The standard InChI is InChI=1S/C33H32BrF9N4O4/c1-5-20-15-24(27-21(33(41,42)43)7-6-8-25(27)47(20)29(49)50-10-9-26(48)51-30(2,3)4)46-28-44-16-22(34)23(45-28)13-17-11-18(31(35,36)37)14-19(12-17)32(38,39)40/h6-8,11-12,14,16,20,24H,5,9-10,13,15H2,1-4H3,(H,44,45,46)/t20-,24+/m1/s1. The van der Waals surface area contributed by atoms with Gasteiger partial charge in [-0.2, -0.15) is 39.5 Å². The van der Waals surface area contributed by atoms with Crippen molar-refractivity contribution >= 4 is 39.6 Å². The van der Waals surface area contributed by atoms with Crippen LogP contribution in [0.4, 0.5) is 55.9 Å². The lowest BCUT2D eigenvalue weighted by atomic mass is 9.86. The fourth-order valence-corrected chi connectivity index (χ4v) is 5.88.